The lowest BCUT2D eigenvalue weighted by molar-refractivity contribution is 0.263. The third-order valence-corrected chi connectivity index (χ3v) is 5.15. The fourth-order valence-electron chi connectivity index (χ4n) is 1.67. The van der Waals surface area contributed by atoms with Gasteiger partial charge in [0.15, 0.2) is 0 Å². The molecular formula is C14H26N2O3S. The van der Waals surface area contributed by atoms with Gasteiger partial charge in [-0.3, -0.25) is 0 Å². The highest BCUT2D eigenvalue weighted by molar-refractivity contribution is 7.89. The topological polar surface area (TPSA) is 71.3 Å². The van der Waals surface area contributed by atoms with Gasteiger partial charge in [0.05, 0.1) is 6.54 Å². The molecule has 0 aliphatic heterocycles. The molecule has 0 aliphatic rings. The largest absolute Gasteiger partial charge is 0.464 e. The second-order valence-electron chi connectivity index (χ2n) is 6.28. The summed E-state index contributed by atoms with van der Waals surface area (Å²) in [5, 5.41) is 2.94. The van der Waals surface area contributed by atoms with Gasteiger partial charge < -0.3 is 9.73 Å². The van der Waals surface area contributed by atoms with Gasteiger partial charge in [-0.25, -0.2) is 13.1 Å². The predicted octanol–water partition coefficient (Wildman–Crippen LogP) is 2.27. The van der Waals surface area contributed by atoms with E-state index in [1.807, 2.05) is 6.92 Å². The number of furan rings is 1. The van der Waals surface area contributed by atoms with Crippen LogP contribution in [0.3, 0.4) is 0 Å². The number of hydrogen-bond acceptors (Lipinski definition) is 4. The lowest BCUT2D eigenvalue weighted by Crippen LogP contribution is -2.33. The summed E-state index contributed by atoms with van der Waals surface area (Å²) in [6.45, 7) is 10.9. The van der Waals surface area contributed by atoms with Crippen molar-refractivity contribution < 1.29 is 12.8 Å². The van der Waals surface area contributed by atoms with Crippen molar-refractivity contribution in [2.75, 3.05) is 13.6 Å². The van der Waals surface area contributed by atoms with E-state index in [1.165, 1.54) is 0 Å². The smallest absolute Gasteiger partial charge is 0.244 e. The molecule has 6 heteroatoms. The fourth-order valence-corrected chi connectivity index (χ4v) is 3.00. The Morgan fingerprint density at radius 3 is 2.45 bits per heavy atom. The minimum absolute atomic E-state index is 0.0608. The highest BCUT2D eigenvalue weighted by Crippen LogP contribution is 2.25. The van der Waals surface area contributed by atoms with Crippen molar-refractivity contribution in [2.24, 2.45) is 11.3 Å². The molecule has 1 aromatic rings. The lowest BCUT2D eigenvalue weighted by atomic mass is 9.82. The summed E-state index contributed by atoms with van der Waals surface area (Å²) in [4.78, 5) is 0.226. The first-order valence-corrected chi connectivity index (χ1v) is 8.30. The van der Waals surface area contributed by atoms with Crippen LogP contribution in [0.2, 0.25) is 0 Å². The Morgan fingerprint density at radius 1 is 1.35 bits per heavy atom. The van der Waals surface area contributed by atoms with Gasteiger partial charge in [-0.05, 0) is 25.3 Å². The van der Waals surface area contributed by atoms with Crippen LogP contribution >= 0.6 is 0 Å². The first-order chi connectivity index (χ1) is 9.08. The SMILES string of the molecule is CNCc1cc(S(=O)(=O)NCC(C)C(C)(C)C)c(C)o1. The zero-order valence-electron chi connectivity index (χ0n) is 13.2. The van der Waals surface area contributed by atoms with Crippen molar-refractivity contribution in [1.29, 1.82) is 0 Å². The maximum absolute atomic E-state index is 12.3. The van der Waals surface area contributed by atoms with E-state index >= 15 is 0 Å². The molecular weight excluding hydrogens is 276 g/mol. The second-order valence-corrected chi connectivity index (χ2v) is 8.02. The van der Waals surface area contributed by atoms with E-state index in [9.17, 15) is 8.42 Å². The summed E-state index contributed by atoms with van der Waals surface area (Å²) in [6.07, 6.45) is 0. The number of nitrogens with one attached hydrogen (secondary N) is 2. The van der Waals surface area contributed by atoms with E-state index in [0.717, 1.165) is 0 Å². The standard InChI is InChI=1S/C14H26N2O3S/c1-10(14(3,4)5)8-16-20(17,18)13-7-12(9-15-6)19-11(13)2/h7,10,15-16H,8-9H2,1-6H3. The van der Waals surface area contributed by atoms with Gasteiger partial charge in [0.25, 0.3) is 0 Å². The third-order valence-electron chi connectivity index (χ3n) is 3.62. The van der Waals surface area contributed by atoms with Gasteiger partial charge in [-0.15, -0.1) is 0 Å². The van der Waals surface area contributed by atoms with Gasteiger partial charge in [-0.2, -0.15) is 0 Å². The molecule has 0 radical (unpaired) electrons. The molecule has 1 atom stereocenters. The molecule has 0 amide bonds. The van der Waals surface area contributed by atoms with Crippen molar-refractivity contribution in [1.82, 2.24) is 10.0 Å². The molecule has 5 nitrogen and oxygen atoms in total. The van der Waals surface area contributed by atoms with Gasteiger partial charge in [0.1, 0.15) is 16.4 Å². The van der Waals surface area contributed by atoms with E-state index in [1.54, 1.807) is 20.0 Å². The molecule has 1 aromatic heterocycles. The molecule has 1 rings (SSSR count). The third kappa shape index (κ3) is 4.33. The van der Waals surface area contributed by atoms with E-state index in [-0.39, 0.29) is 16.2 Å². The second kappa shape index (κ2) is 6.28. The maximum Gasteiger partial charge on any atom is 0.244 e. The van der Waals surface area contributed by atoms with Crippen LogP contribution in [0.25, 0.3) is 0 Å². The molecule has 1 heterocycles. The van der Waals surface area contributed by atoms with Crippen LogP contribution in [0.5, 0.6) is 0 Å². The quantitative estimate of drug-likeness (QED) is 0.845. The Morgan fingerprint density at radius 2 is 1.95 bits per heavy atom. The number of sulfonamides is 1. The van der Waals surface area contributed by atoms with E-state index in [0.29, 0.717) is 24.6 Å². The Kier molecular flexibility index (Phi) is 5.40. The average molecular weight is 302 g/mol. The normalized spacial score (nSPS) is 14.5. The number of rotatable bonds is 6. The molecule has 20 heavy (non-hydrogen) atoms. The zero-order valence-corrected chi connectivity index (χ0v) is 14.0. The molecule has 0 fully saturated rings. The Bertz CT molecular complexity index is 541. The van der Waals surface area contributed by atoms with Crippen LogP contribution in [-0.4, -0.2) is 22.0 Å². The summed E-state index contributed by atoms with van der Waals surface area (Å²) in [7, 11) is -1.73. The average Bonchev–Trinajstić information content (AvgIpc) is 2.67. The monoisotopic (exact) mass is 302 g/mol. The van der Waals surface area contributed by atoms with Crippen molar-refractivity contribution in [3.8, 4) is 0 Å². The van der Waals surface area contributed by atoms with Crippen molar-refractivity contribution in [2.45, 2.75) is 46.1 Å². The summed E-state index contributed by atoms with van der Waals surface area (Å²) >= 11 is 0. The Balaban J connectivity index is 2.84. The minimum Gasteiger partial charge on any atom is -0.464 e. The van der Waals surface area contributed by atoms with Crippen molar-refractivity contribution >= 4 is 10.0 Å². The van der Waals surface area contributed by atoms with E-state index in [4.69, 9.17) is 4.42 Å². The van der Waals surface area contributed by atoms with Crippen molar-refractivity contribution in [3.05, 3.63) is 17.6 Å². The zero-order chi connectivity index (χ0) is 15.6. The summed E-state index contributed by atoms with van der Waals surface area (Å²) in [5.41, 5.74) is 0.0608. The number of hydrogen-bond donors (Lipinski definition) is 2. The van der Waals surface area contributed by atoms with Crippen LogP contribution in [0.1, 0.15) is 39.2 Å². The summed E-state index contributed by atoms with van der Waals surface area (Å²) < 4.78 is 32.7. The summed E-state index contributed by atoms with van der Waals surface area (Å²) in [6, 6.07) is 1.58. The van der Waals surface area contributed by atoms with Crippen molar-refractivity contribution in [3.63, 3.8) is 0 Å². The van der Waals surface area contributed by atoms with Crippen LogP contribution in [0.4, 0.5) is 0 Å². The van der Waals surface area contributed by atoms with Crippen LogP contribution in [0.15, 0.2) is 15.4 Å². The highest BCUT2D eigenvalue weighted by Gasteiger charge is 2.25. The first-order valence-electron chi connectivity index (χ1n) is 6.81. The van der Waals surface area contributed by atoms with Gasteiger partial charge >= 0.3 is 0 Å². The highest BCUT2D eigenvalue weighted by atomic mass is 32.2. The van der Waals surface area contributed by atoms with Gasteiger partial charge in [0, 0.05) is 12.6 Å². The predicted molar refractivity (Wildman–Crippen MR) is 80.0 cm³/mol. The molecule has 116 valence electrons. The molecule has 0 bridgehead atoms. The van der Waals surface area contributed by atoms with Crippen LogP contribution in [-0.2, 0) is 16.6 Å². The first kappa shape index (κ1) is 17.2. The molecule has 0 aromatic carbocycles. The molecule has 0 saturated heterocycles. The minimum atomic E-state index is -3.52. The lowest BCUT2D eigenvalue weighted by Gasteiger charge is -2.27. The van der Waals surface area contributed by atoms with E-state index < -0.39 is 10.0 Å². The molecule has 1 unspecified atom stereocenters. The van der Waals surface area contributed by atoms with E-state index in [2.05, 4.69) is 30.8 Å². The van der Waals surface area contributed by atoms with Crippen LogP contribution in [0, 0.1) is 18.3 Å². The summed E-state index contributed by atoms with van der Waals surface area (Å²) in [5.74, 6) is 1.28. The molecule has 0 saturated carbocycles. The molecule has 0 aliphatic carbocycles. The number of aryl methyl sites for hydroxylation is 1. The van der Waals surface area contributed by atoms with Crippen LogP contribution < -0.4 is 10.0 Å². The Hall–Kier alpha value is -0.850. The maximum atomic E-state index is 12.3. The molecule has 2 N–H and O–H groups in total. The van der Waals surface area contributed by atoms with Gasteiger partial charge in [-0.1, -0.05) is 27.7 Å². The molecule has 0 spiro atoms. The van der Waals surface area contributed by atoms with Gasteiger partial charge in [0.2, 0.25) is 10.0 Å². The fraction of sp³-hybridized carbons (Fsp3) is 0.714. The Labute approximate surface area is 122 Å².